The van der Waals surface area contributed by atoms with Crippen molar-refractivity contribution in [3.05, 3.63) is 0 Å². The van der Waals surface area contributed by atoms with Crippen LogP contribution in [0.2, 0.25) is 0 Å². The average molecular weight is 535 g/mol. The maximum Gasteiger partial charge on any atom is 0.211 e. The fourth-order valence-electron chi connectivity index (χ4n) is 4.89. The van der Waals surface area contributed by atoms with Gasteiger partial charge in [-0.3, -0.25) is 0 Å². The molecule has 1 aliphatic carbocycles. The number of quaternary nitrogens is 5. The van der Waals surface area contributed by atoms with Crippen molar-refractivity contribution in [3.8, 4) is 0 Å². The van der Waals surface area contributed by atoms with Crippen LogP contribution in [0.5, 0.6) is 0 Å². The molecule has 0 aromatic carbocycles. The largest absolute Gasteiger partial charge is 0.790 e. The van der Waals surface area contributed by atoms with Crippen LogP contribution >= 0.6 is 7.82 Å². The minimum Gasteiger partial charge on any atom is -0.790 e. The molecule has 18 N–H and O–H groups in total. The Kier molecular flexibility index (Phi) is 10.0. The molecule has 2 heterocycles. The predicted octanol–water partition coefficient (Wildman–Crippen LogP) is -10.00. The van der Waals surface area contributed by atoms with Gasteiger partial charge in [0.05, 0.1) is 20.9 Å². The number of phosphoric ester groups is 1. The third kappa shape index (κ3) is 6.94. The van der Waals surface area contributed by atoms with Gasteiger partial charge in [0, 0.05) is 6.42 Å². The van der Waals surface area contributed by atoms with E-state index in [0.717, 1.165) is 12.8 Å². The van der Waals surface area contributed by atoms with Crippen LogP contribution in [-0.2, 0) is 28.0 Å². The molecule has 0 bridgehead atoms. The smallest absolute Gasteiger partial charge is 0.211 e. The highest BCUT2D eigenvalue weighted by atomic mass is 31.2. The van der Waals surface area contributed by atoms with Crippen molar-refractivity contribution in [3.63, 3.8) is 0 Å². The zero-order chi connectivity index (χ0) is 26.1. The van der Waals surface area contributed by atoms with Crippen molar-refractivity contribution < 1.29 is 81.8 Å². The molecule has 3 rings (SSSR count). The van der Waals surface area contributed by atoms with Crippen molar-refractivity contribution >= 4 is 7.82 Å². The zero-order valence-corrected chi connectivity index (χ0v) is 20.5. The molecule has 35 heavy (non-hydrogen) atoms. The molecule has 2 aliphatic heterocycles. The predicted molar refractivity (Wildman–Crippen MR) is 107 cm³/mol. The van der Waals surface area contributed by atoms with Gasteiger partial charge < -0.3 is 81.8 Å². The lowest BCUT2D eigenvalue weighted by Crippen LogP contribution is -2.84. The SMILES string of the molecule is [NH3+]C[C@@H]1CC[C@@H]([NH3+])[C@@H](O[C@H]2[C@H](O)[C@@H](O[C@H]3O[C@H](CO)[C@@H](O)[C@H]([NH3+])[C@H]3OP(=O)([O-])[O-])[C@H]([NH3+])C[C@@H]2[NH3+])O1. The van der Waals surface area contributed by atoms with Gasteiger partial charge in [-0.05, 0) is 6.42 Å². The molecule has 0 unspecified atom stereocenters. The average Bonchev–Trinajstić information content (AvgIpc) is 2.78. The van der Waals surface area contributed by atoms with E-state index in [0.29, 0.717) is 13.0 Å². The minimum absolute atomic E-state index is 0.0890. The molecular formula is C18H41N5O11P+3. The Labute approximate surface area is 202 Å². The molecule has 0 radical (unpaired) electrons. The standard InChI is InChI=1S/C18H38N5O11P/c19-4-6-1-2-7(20)17(30-6)32-14-8(21)3-9(22)15(13(14)26)33-18-16(34-35(27,28)29)11(23)12(25)10(5-24)31-18/h6-18,24-26H,1-5,19-23H2,(H2,27,28,29)/p+3/t6-,7+,8-,9+,10+,11-,12+,13-,14+,15-,16+,17+,18+/m0/s1. The van der Waals surface area contributed by atoms with Gasteiger partial charge in [-0.15, -0.1) is 0 Å². The molecule has 3 fully saturated rings. The van der Waals surface area contributed by atoms with E-state index >= 15 is 0 Å². The van der Waals surface area contributed by atoms with E-state index in [9.17, 15) is 29.7 Å². The van der Waals surface area contributed by atoms with E-state index < -0.39 is 75.7 Å². The lowest BCUT2D eigenvalue weighted by atomic mass is 9.84. The Morgan fingerprint density at radius 1 is 0.886 bits per heavy atom. The summed E-state index contributed by atoms with van der Waals surface area (Å²) < 4.78 is 39.4. The van der Waals surface area contributed by atoms with Crippen LogP contribution in [0.15, 0.2) is 0 Å². The second kappa shape index (κ2) is 12.0. The number of rotatable bonds is 8. The van der Waals surface area contributed by atoms with Gasteiger partial charge in [0.25, 0.3) is 0 Å². The molecule has 0 aromatic rings. The zero-order valence-electron chi connectivity index (χ0n) is 19.6. The molecule has 17 heteroatoms. The van der Waals surface area contributed by atoms with Crippen LogP contribution in [0.3, 0.4) is 0 Å². The maximum absolute atomic E-state index is 11.3. The third-order valence-electron chi connectivity index (χ3n) is 6.93. The Morgan fingerprint density at radius 3 is 2.03 bits per heavy atom. The van der Waals surface area contributed by atoms with Crippen molar-refractivity contribution in [2.75, 3.05) is 13.2 Å². The third-order valence-corrected chi connectivity index (χ3v) is 7.43. The summed E-state index contributed by atoms with van der Waals surface area (Å²) in [7, 11) is -5.52. The van der Waals surface area contributed by atoms with Crippen LogP contribution in [0, 0.1) is 0 Å². The van der Waals surface area contributed by atoms with E-state index in [4.69, 9.17) is 18.9 Å². The summed E-state index contributed by atoms with van der Waals surface area (Å²) >= 11 is 0. The Balaban J connectivity index is 1.78. The van der Waals surface area contributed by atoms with Crippen molar-refractivity contribution in [1.82, 2.24) is 0 Å². The monoisotopic (exact) mass is 534 g/mol. The van der Waals surface area contributed by atoms with Gasteiger partial charge in [-0.25, -0.2) is 0 Å². The minimum atomic E-state index is -5.52. The van der Waals surface area contributed by atoms with Gasteiger partial charge in [0.15, 0.2) is 12.4 Å². The molecule has 3 aliphatic rings. The van der Waals surface area contributed by atoms with Gasteiger partial charge >= 0.3 is 0 Å². The number of phosphoric acid groups is 1. The molecular weight excluding hydrogens is 493 g/mol. The molecule has 1 saturated carbocycles. The highest BCUT2D eigenvalue weighted by molar-refractivity contribution is 7.43. The van der Waals surface area contributed by atoms with E-state index in [2.05, 4.69) is 33.2 Å². The molecule has 0 aromatic heterocycles. The van der Waals surface area contributed by atoms with Crippen molar-refractivity contribution in [2.45, 2.75) is 98.7 Å². The number of aliphatic hydroxyl groups is 3. The topological polar surface area (TPSA) is 308 Å². The van der Waals surface area contributed by atoms with E-state index in [-0.39, 0.29) is 18.2 Å². The number of ether oxygens (including phenoxy) is 4. The van der Waals surface area contributed by atoms with Crippen molar-refractivity contribution in [2.24, 2.45) is 0 Å². The summed E-state index contributed by atoms with van der Waals surface area (Å²) in [6, 6.07) is -2.27. The van der Waals surface area contributed by atoms with Crippen LogP contribution in [0.4, 0.5) is 0 Å². The maximum atomic E-state index is 11.3. The van der Waals surface area contributed by atoms with Gasteiger partial charge in [0.1, 0.15) is 67.3 Å². The molecule has 0 amide bonds. The highest BCUT2D eigenvalue weighted by Gasteiger charge is 2.54. The lowest BCUT2D eigenvalue weighted by molar-refractivity contribution is -0.533. The first kappa shape index (κ1) is 29.2. The molecule has 0 spiro atoms. The molecule has 16 nitrogen and oxygen atoms in total. The van der Waals surface area contributed by atoms with Crippen LogP contribution in [-0.4, -0.2) is 108 Å². The van der Waals surface area contributed by atoms with Gasteiger partial charge in [-0.2, -0.15) is 0 Å². The van der Waals surface area contributed by atoms with Crippen LogP contribution in [0.1, 0.15) is 19.3 Å². The normalized spacial score (nSPS) is 47.5. The van der Waals surface area contributed by atoms with Crippen LogP contribution < -0.4 is 38.5 Å². The van der Waals surface area contributed by atoms with Crippen molar-refractivity contribution in [1.29, 1.82) is 0 Å². The number of aliphatic hydroxyl groups excluding tert-OH is 3. The second-order valence-corrected chi connectivity index (χ2v) is 10.7. The number of hydrogen-bond donors (Lipinski definition) is 8. The van der Waals surface area contributed by atoms with Gasteiger partial charge in [-0.1, -0.05) is 0 Å². The number of hydrogen-bond acceptors (Lipinski definition) is 11. The van der Waals surface area contributed by atoms with E-state index in [1.807, 2.05) is 0 Å². The summed E-state index contributed by atoms with van der Waals surface area (Å²) in [6.07, 6.45) is -7.79. The fraction of sp³-hybridized carbons (Fsp3) is 1.00. The second-order valence-electron chi connectivity index (χ2n) is 9.60. The molecule has 206 valence electrons. The first-order valence-corrected chi connectivity index (χ1v) is 13.2. The Hall–Kier alpha value is -0.370. The highest BCUT2D eigenvalue weighted by Crippen LogP contribution is 2.35. The summed E-state index contributed by atoms with van der Waals surface area (Å²) in [4.78, 5) is 22.7. The van der Waals surface area contributed by atoms with E-state index in [1.54, 1.807) is 0 Å². The quantitative estimate of drug-likeness (QED) is 0.135. The lowest BCUT2D eigenvalue weighted by Gasteiger charge is -2.47. The summed E-state index contributed by atoms with van der Waals surface area (Å²) in [5, 5.41) is 31.0. The van der Waals surface area contributed by atoms with Gasteiger partial charge in [0.2, 0.25) is 6.29 Å². The Morgan fingerprint density at radius 2 is 1.49 bits per heavy atom. The molecule has 13 atom stereocenters. The summed E-state index contributed by atoms with van der Waals surface area (Å²) in [6.45, 7) is -0.0642. The summed E-state index contributed by atoms with van der Waals surface area (Å²) in [5.41, 5.74) is 19.7. The fourth-order valence-corrected chi connectivity index (χ4v) is 5.45. The first-order chi connectivity index (χ1) is 16.4. The van der Waals surface area contributed by atoms with E-state index in [1.165, 1.54) is 0 Å². The summed E-state index contributed by atoms with van der Waals surface area (Å²) in [5.74, 6) is 0. The first-order valence-electron chi connectivity index (χ1n) is 11.8. The Bertz CT molecular complexity index is 737. The molecule has 2 saturated heterocycles. The van der Waals surface area contributed by atoms with Crippen LogP contribution in [0.25, 0.3) is 0 Å².